The van der Waals surface area contributed by atoms with Crippen LogP contribution in [0.4, 0.5) is 4.79 Å². The average Bonchev–Trinajstić information content (AvgIpc) is 2.77. The van der Waals surface area contributed by atoms with Crippen LogP contribution in [0.25, 0.3) is 10.8 Å². The van der Waals surface area contributed by atoms with Crippen molar-refractivity contribution in [3.05, 3.63) is 77.6 Å². The lowest BCUT2D eigenvalue weighted by Crippen LogP contribution is -2.53. The van der Waals surface area contributed by atoms with E-state index in [4.69, 9.17) is 0 Å². The number of carbonyl (C=O) groups excluding carboxylic acids is 2. The van der Waals surface area contributed by atoms with Crippen LogP contribution >= 0.6 is 0 Å². The predicted molar refractivity (Wildman–Crippen MR) is 125 cm³/mol. The van der Waals surface area contributed by atoms with Crippen LogP contribution in [-0.2, 0) is 4.79 Å². The maximum atomic E-state index is 13.1. The lowest BCUT2D eigenvalue weighted by Gasteiger charge is -2.28. The van der Waals surface area contributed by atoms with Gasteiger partial charge in [-0.25, -0.2) is 9.80 Å². The molecule has 8 nitrogen and oxygen atoms in total. The third-order valence-corrected chi connectivity index (χ3v) is 5.05. The maximum absolute atomic E-state index is 13.1. The molecule has 0 spiro atoms. The van der Waals surface area contributed by atoms with E-state index >= 15 is 0 Å². The Labute approximate surface area is 192 Å². The first kappa shape index (κ1) is 23.7. The van der Waals surface area contributed by atoms with Crippen molar-refractivity contribution in [2.75, 3.05) is 6.54 Å². The monoisotopic (exact) mass is 448 g/mol. The molecule has 3 aromatic rings. The molecule has 0 saturated heterocycles. The first-order valence-electron chi connectivity index (χ1n) is 10.7. The van der Waals surface area contributed by atoms with Crippen molar-refractivity contribution in [1.82, 2.24) is 20.7 Å². The van der Waals surface area contributed by atoms with E-state index in [0.717, 1.165) is 16.3 Å². The summed E-state index contributed by atoms with van der Waals surface area (Å²) in [6.07, 6.45) is 1.32. The van der Waals surface area contributed by atoms with Crippen LogP contribution < -0.4 is 10.7 Å². The lowest BCUT2D eigenvalue weighted by molar-refractivity contribution is -0.137. The van der Waals surface area contributed by atoms with Gasteiger partial charge < -0.3 is 10.4 Å². The highest BCUT2D eigenvalue weighted by Crippen LogP contribution is 2.18. The second-order valence-electron chi connectivity index (χ2n) is 8.37. The van der Waals surface area contributed by atoms with E-state index in [9.17, 15) is 19.5 Å². The molecule has 0 saturated carbocycles. The zero-order valence-corrected chi connectivity index (χ0v) is 18.9. The molecule has 33 heavy (non-hydrogen) atoms. The van der Waals surface area contributed by atoms with Crippen molar-refractivity contribution in [1.29, 1.82) is 0 Å². The lowest BCUT2D eigenvalue weighted by atomic mass is 10.0. The minimum absolute atomic E-state index is 0.0536. The Balaban J connectivity index is 1.79. The molecule has 1 heterocycles. The Morgan fingerprint density at radius 1 is 1.03 bits per heavy atom. The number of aliphatic carboxylic acids is 1. The summed E-state index contributed by atoms with van der Waals surface area (Å²) in [6, 6.07) is 15.1. The molecular formula is C25H28N4O4. The van der Waals surface area contributed by atoms with Crippen LogP contribution in [0.1, 0.15) is 47.9 Å². The standard InChI is InChI=1S/C25H28N4O4/c1-16(2)15-29(28-24(32)22-12-19-6-4-5-7-20(19)14-26-22)25(33)27-21(13-23(30)31)18-10-8-17(3)9-11-18/h4-12,14,16,21H,13,15H2,1-3H3,(H,27,33)(H,28,32)(H,30,31). The van der Waals surface area contributed by atoms with E-state index in [1.165, 1.54) is 5.01 Å². The normalized spacial score (nSPS) is 11.8. The molecule has 0 fully saturated rings. The Kier molecular flexibility index (Phi) is 7.61. The van der Waals surface area contributed by atoms with Gasteiger partial charge in [0, 0.05) is 18.1 Å². The highest BCUT2D eigenvalue weighted by Gasteiger charge is 2.24. The maximum Gasteiger partial charge on any atom is 0.336 e. The molecular weight excluding hydrogens is 420 g/mol. The van der Waals surface area contributed by atoms with Gasteiger partial charge in [0.25, 0.3) is 5.91 Å². The molecule has 2 aromatic carbocycles. The van der Waals surface area contributed by atoms with Crippen molar-refractivity contribution in [3.63, 3.8) is 0 Å². The molecule has 8 heteroatoms. The SMILES string of the molecule is Cc1ccc(C(CC(=O)O)NC(=O)N(CC(C)C)NC(=O)c2cc3ccccc3cn2)cc1. The number of nitrogens with one attached hydrogen (secondary N) is 2. The van der Waals surface area contributed by atoms with Crippen LogP contribution in [0.3, 0.4) is 0 Å². The van der Waals surface area contributed by atoms with Gasteiger partial charge in [0.05, 0.1) is 12.5 Å². The number of urea groups is 1. The van der Waals surface area contributed by atoms with Crippen LogP contribution in [0.2, 0.25) is 0 Å². The Morgan fingerprint density at radius 3 is 2.33 bits per heavy atom. The molecule has 172 valence electrons. The number of aryl methyl sites for hydroxylation is 1. The van der Waals surface area contributed by atoms with Crippen LogP contribution in [0.5, 0.6) is 0 Å². The molecule has 0 aliphatic heterocycles. The minimum atomic E-state index is -1.04. The largest absolute Gasteiger partial charge is 0.481 e. The van der Waals surface area contributed by atoms with E-state index in [1.54, 1.807) is 24.4 Å². The van der Waals surface area contributed by atoms with Crippen LogP contribution in [0, 0.1) is 12.8 Å². The summed E-state index contributed by atoms with van der Waals surface area (Å²) in [5, 5.41) is 15.0. The first-order chi connectivity index (χ1) is 15.7. The molecule has 0 aliphatic carbocycles. The van der Waals surface area contributed by atoms with Crippen molar-refractivity contribution in [2.24, 2.45) is 5.92 Å². The van der Waals surface area contributed by atoms with Crippen LogP contribution in [-0.4, -0.2) is 39.6 Å². The van der Waals surface area contributed by atoms with Gasteiger partial charge in [0.1, 0.15) is 5.69 Å². The van der Waals surface area contributed by atoms with Gasteiger partial charge >= 0.3 is 12.0 Å². The summed E-state index contributed by atoms with van der Waals surface area (Å²) in [7, 11) is 0. The van der Waals surface area contributed by atoms with Crippen molar-refractivity contribution >= 4 is 28.7 Å². The number of hydrazine groups is 1. The molecule has 0 aliphatic rings. The van der Waals surface area contributed by atoms with Gasteiger partial charge in [0.2, 0.25) is 0 Å². The third-order valence-electron chi connectivity index (χ3n) is 5.05. The smallest absolute Gasteiger partial charge is 0.336 e. The molecule has 1 aromatic heterocycles. The van der Waals surface area contributed by atoms with Crippen molar-refractivity contribution < 1.29 is 19.5 Å². The predicted octanol–water partition coefficient (Wildman–Crippen LogP) is 4.07. The fourth-order valence-corrected chi connectivity index (χ4v) is 3.38. The van der Waals surface area contributed by atoms with Gasteiger partial charge in [-0.05, 0) is 29.9 Å². The number of carboxylic acid groups (broad SMARTS) is 1. The molecule has 1 unspecified atom stereocenters. The number of hydrogen-bond donors (Lipinski definition) is 3. The quantitative estimate of drug-likeness (QED) is 0.472. The van der Waals surface area contributed by atoms with Gasteiger partial charge in [-0.2, -0.15) is 0 Å². The summed E-state index contributed by atoms with van der Waals surface area (Å²) in [4.78, 5) is 41.6. The molecule has 3 amide bonds. The number of rotatable bonds is 7. The highest BCUT2D eigenvalue weighted by molar-refractivity contribution is 5.97. The van der Waals surface area contributed by atoms with E-state index < -0.39 is 23.9 Å². The fraction of sp³-hybridized carbons (Fsp3) is 0.280. The van der Waals surface area contributed by atoms with E-state index in [-0.39, 0.29) is 24.6 Å². The number of benzene rings is 2. The van der Waals surface area contributed by atoms with Gasteiger partial charge in [-0.1, -0.05) is 67.9 Å². The fourth-order valence-electron chi connectivity index (χ4n) is 3.38. The zero-order valence-electron chi connectivity index (χ0n) is 18.9. The van der Waals surface area contributed by atoms with Gasteiger partial charge in [-0.3, -0.25) is 20.0 Å². The number of amides is 3. The van der Waals surface area contributed by atoms with Crippen molar-refractivity contribution in [3.8, 4) is 0 Å². The number of aromatic nitrogens is 1. The second-order valence-corrected chi connectivity index (χ2v) is 8.37. The molecule has 3 rings (SSSR count). The Hall–Kier alpha value is -3.94. The Morgan fingerprint density at radius 2 is 1.70 bits per heavy atom. The number of pyridine rings is 1. The first-order valence-corrected chi connectivity index (χ1v) is 10.7. The average molecular weight is 449 g/mol. The van der Waals surface area contributed by atoms with Crippen molar-refractivity contribution in [2.45, 2.75) is 33.2 Å². The van der Waals surface area contributed by atoms with Gasteiger partial charge in [-0.15, -0.1) is 0 Å². The molecule has 0 bridgehead atoms. The van der Waals surface area contributed by atoms with Gasteiger partial charge in [0.15, 0.2) is 0 Å². The third kappa shape index (κ3) is 6.52. The highest BCUT2D eigenvalue weighted by atomic mass is 16.4. The number of carbonyl (C=O) groups is 3. The number of fused-ring (bicyclic) bond motifs is 1. The number of hydrogen-bond acceptors (Lipinski definition) is 4. The Bertz CT molecular complexity index is 1140. The number of nitrogens with zero attached hydrogens (tertiary/aromatic N) is 2. The summed E-state index contributed by atoms with van der Waals surface area (Å²) in [5.41, 5.74) is 4.49. The topological polar surface area (TPSA) is 112 Å². The van der Waals surface area contributed by atoms with E-state index in [1.807, 2.05) is 57.2 Å². The molecule has 0 radical (unpaired) electrons. The zero-order chi connectivity index (χ0) is 24.0. The molecule has 3 N–H and O–H groups in total. The summed E-state index contributed by atoms with van der Waals surface area (Å²) in [5.74, 6) is -1.51. The van der Waals surface area contributed by atoms with E-state index in [0.29, 0.717) is 5.56 Å². The van der Waals surface area contributed by atoms with Crippen LogP contribution in [0.15, 0.2) is 60.8 Å². The summed E-state index contributed by atoms with van der Waals surface area (Å²) < 4.78 is 0. The summed E-state index contributed by atoms with van der Waals surface area (Å²) in [6.45, 7) is 5.99. The number of carboxylic acids is 1. The van der Waals surface area contributed by atoms with E-state index in [2.05, 4.69) is 15.7 Å². The summed E-state index contributed by atoms with van der Waals surface area (Å²) >= 11 is 0. The molecule has 1 atom stereocenters. The minimum Gasteiger partial charge on any atom is -0.481 e. The second kappa shape index (κ2) is 10.6.